The van der Waals surface area contributed by atoms with Gasteiger partial charge in [0, 0.05) is 22.4 Å². The Morgan fingerprint density at radius 1 is 0.870 bits per heavy atom. The van der Waals surface area contributed by atoms with Gasteiger partial charge in [-0.2, -0.15) is 0 Å². The first-order chi connectivity index (χ1) is 10.3. The standard InChI is InChI=1S/2C7H6ClNO2.Zn/c2*1-4-5(8)2-3-9-6(4)7(10)11;/h2*2-3H,1H3,(H,10,11);/q;;+2/p-2. The predicted octanol–water partition coefficient (Wildman–Crippen LogP) is 0.811. The molecule has 0 fully saturated rings. The third-order valence-electron chi connectivity index (χ3n) is 2.66. The minimum absolute atomic E-state index is 0. The average Bonchev–Trinajstić information content (AvgIpc) is 2.45. The van der Waals surface area contributed by atoms with Crippen LogP contribution in [0.3, 0.4) is 0 Å². The number of halogens is 2. The molecule has 0 aromatic carbocycles. The number of rotatable bonds is 2. The maximum Gasteiger partial charge on any atom is 2.00 e. The van der Waals surface area contributed by atoms with Crippen LogP contribution in [-0.2, 0) is 19.5 Å². The molecule has 2 aromatic rings. The van der Waals surface area contributed by atoms with Gasteiger partial charge in [0.15, 0.2) is 0 Å². The molecule has 0 N–H and O–H groups in total. The largest absolute Gasteiger partial charge is 2.00 e. The van der Waals surface area contributed by atoms with E-state index in [9.17, 15) is 19.8 Å². The number of carbonyl (C=O) groups is 2. The van der Waals surface area contributed by atoms with Gasteiger partial charge in [0.05, 0.1) is 23.3 Å². The van der Waals surface area contributed by atoms with E-state index in [0.29, 0.717) is 21.2 Å². The van der Waals surface area contributed by atoms with Crippen molar-refractivity contribution in [3.63, 3.8) is 0 Å². The van der Waals surface area contributed by atoms with E-state index >= 15 is 0 Å². The van der Waals surface area contributed by atoms with Gasteiger partial charge in [0.2, 0.25) is 0 Å². The van der Waals surface area contributed by atoms with Crippen molar-refractivity contribution in [1.82, 2.24) is 9.97 Å². The summed E-state index contributed by atoms with van der Waals surface area (Å²) in [5.41, 5.74) is 0.679. The van der Waals surface area contributed by atoms with Crippen molar-refractivity contribution in [3.8, 4) is 0 Å². The maximum absolute atomic E-state index is 10.3. The molecule has 0 saturated carbocycles. The first-order valence-electron chi connectivity index (χ1n) is 5.90. The van der Waals surface area contributed by atoms with E-state index in [4.69, 9.17) is 23.2 Å². The van der Waals surface area contributed by atoms with E-state index in [1.54, 1.807) is 13.8 Å². The topological polar surface area (TPSA) is 106 Å². The molecule has 0 aliphatic carbocycles. The van der Waals surface area contributed by atoms with Gasteiger partial charge in [0.25, 0.3) is 0 Å². The molecule has 0 amide bonds. The first-order valence-corrected chi connectivity index (χ1v) is 6.66. The number of aromatic carboxylic acids is 2. The van der Waals surface area contributed by atoms with Gasteiger partial charge in [-0.15, -0.1) is 0 Å². The number of carbonyl (C=O) groups excluding carboxylic acids is 2. The molecule has 116 valence electrons. The van der Waals surface area contributed by atoms with Crippen molar-refractivity contribution in [2.75, 3.05) is 0 Å². The van der Waals surface area contributed by atoms with Crippen LogP contribution in [0.15, 0.2) is 24.5 Å². The molecule has 9 heteroatoms. The van der Waals surface area contributed by atoms with E-state index < -0.39 is 11.9 Å². The smallest absolute Gasteiger partial charge is 0.543 e. The van der Waals surface area contributed by atoms with E-state index in [1.165, 1.54) is 24.5 Å². The number of hydrogen-bond donors (Lipinski definition) is 0. The average molecular weight is 407 g/mol. The zero-order valence-corrected chi connectivity index (χ0v) is 16.8. The second-order valence-corrected chi connectivity index (χ2v) is 4.92. The predicted molar refractivity (Wildman–Crippen MR) is 76.6 cm³/mol. The molecule has 0 spiro atoms. The molecule has 0 unspecified atom stereocenters. The molecule has 2 rings (SSSR count). The molecule has 2 heterocycles. The molecule has 0 atom stereocenters. The van der Waals surface area contributed by atoms with Crippen molar-refractivity contribution in [3.05, 3.63) is 57.1 Å². The van der Waals surface area contributed by atoms with Crippen LogP contribution in [0.5, 0.6) is 0 Å². The number of hydrogen-bond acceptors (Lipinski definition) is 6. The van der Waals surface area contributed by atoms with Crippen molar-refractivity contribution in [1.29, 1.82) is 0 Å². The summed E-state index contributed by atoms with van der Waals surface area (Å²) in [6.07, 6.45) is 2.67. The maximum atomic E-state index is 10.3. The third-order valence-corrected chi connectivity index (χ3v) is 3.48. The Morgan fingerprint density at radius 2 is 1.17 bits per heavy atom. The second-order valence-electron chi connectivity index (χ2n) is 4.11. The molecule has 0 radical (unpaired) electrons. The Balaban J connectivity index is 0.000000403. The van der Waals surface area contributed by atoms with E-state index in [2.05, 4.69) is 9.97 Å². The van der Waals surface area contributed by atoms with Gasteiger partial charge in [-0.3, -0.25) is 9.97 Å². The third kappa shape index (κ3) is 5.86. The van der Waals surface area contributed by atoms with Crippen LogP contribution in [0.4, 0.5) is 0 Å². The van der Waals surface area contributed by atoms with E-state index in [0.717, 1.165) is 0 Å². The van der Waals surface area contributed by atoms with Crippen LogP contribution in [0.25, 0.3) is 0 Å². The number of carboxylic acid groups (broad SMARTS) is 2. The van der Waals surface area contributed by atoms with Crippen molar-refractivity contribution in [2.45, 2.75) is 13.8 Å². The van der Waals surface area contributed by atoms with Gasteiger partial charge in [0.1, 0.15) is 0 Å². The Bertz CT molecular complexity index is 664. The summed E-state index contributed by atoms with van der Waals surface area (Å²) in [7, 11) is 0. The van der Waals surface area contributed by atoms with Crippen LogP contribution in [0.1, 0.15) is 32.1 Å². The fourth-order valence-corrected chi connectivity index (χ4v) is 1.73. The summed E-state index contributed by atoms with van der Waals surface area (Å²) in [5.74, 6) is -2.60. The normalized spacial score (nSPS) is 9.22. The van der Waals surface area contributed by atoms with E-state index in [-0.39, 0.29) is 30.9 Å². The minimum atomic E-state index is -1.30. The zero-order chi connectivity index (χ0) is 16.9. The summed E-state index contributed by atoms with van der Waals surface area (Å²) in [6.45, 7) is 3.17. The summed E-state index contributed by atoms with van der Waals surface area (Å²) in [6, 6.07) is 3.06. The minimum Gasteiger partial charge on any atom is -0.543 e. The van der Waals surface area contributed by atoms with Gasteiger partial charge >= 0.3 is 19.5 Å². The van der Waals surface area contributed by atoms with Gasteiger partial charge in [-0.1, -0.05) is 23.2 Å². The molecule has 23 heavy (non-hydrogen) atoms. The Morgan fingerprint density at radius 3 is 1.39 bits per heavy atom. The fraction of sp³-hybridized carbons (Fsp3) is 0.143. The summed E-state index contributed by atoms with van der Waals surface area (Å²) < 4.78 is 0. The Hall–Kier alpha value is -1.56. The van der Waals surface area contributed by atoms with Gasteiger partial charge in [-0.25, -0.2) is 0 Å². The van der Waals surface area contributed by atoms with Gasteiger partial charge in [-0.05, 0) is 37.1 Å². The van der Waals surface area contributed by atoms with Gasteiger partial charge < -0.3 is 19.8 Å². The zero-order valence-electron chi connectivity index (χ0n) is 12.3. The quantitative estimate of drug-likeness (QED) is 0.683. The van der Waals surface area contributed by atoms with Crippen LogP contribution in [0.2, 0.25) is 10.0 Å². The molecule has 0 aliphatic rings. The molecule has 6 nitrogen and oxygen atoms in total. The van der Waals surface area contributed by atoms with Crippen molar-refractivity contribution >= 4 is 35.1 Å². The molecule has 0 saturated heterocycles. The van der Waals surface area contributed by atoms with Crippen LogP contribution in [0, 0.1) is 13.8 Å². The van der Waals surface area contributed by atoms with Crippen LogP contribution in [-0.4, -0.2) is 21.9 Å². The fourth-order valence-electron chi connectivity index (χ4n) is 1.44. The number of nitrogens with zero attached hydrogens (tertiary/aromatic N) is 2. The second kappa shape index (κ2) is 9.55. The molecule has 0 bridgehead atoms. The molecule has 0 aliphatic heterocycles. The summed E-state index contributed by atoms with van der Waals surface area (Å²) >= 11 is 11.3. The number of carboxylic acids is 2. The van der Waals surface area contributed by atoms with Crippen molar-refractivity contribution in [2.24, 2.45) is 0 Å². The molecular weight excluding hydrogens is 396 g/mol. The van der Waals surface area contributed by atoms with Crippen LogP contribution >= 0.6 is 23.2 Å². The Kier molecular flexibility index (Phi) is 8.91. The van der Waals surface area contributed by atoms with Crippen molar-refractivity contribution < 1.29 is 39.3 Å². The SMILES string of the molecule is Cc1c(Cl)ccnc1C(=O)[O-].Cc1c(Cl)ccnc1C(=O)[O-].[Zn+2]. The molecule has 2 aromatic heterocycles. The summed E-state index contributed by atoms with van der Waals surface area (Å²) in [5, 5.41) is 21.5. The van der Waals surface area contributed by atoms with Crippen LogP contribution < -0.4 is 10.2 Å². The summed E-state index contributed by atoms with van der Waals surface area (Å²) in [4.78, 5) is 27.9. The number of pyridine rings is 2. The molecular formula is C14H10Cl2N2O4Zn. The number of aromatic nitrogens is 2. The first kappa shape index (κ1) is 21.4. The monoisotopic (exact) mass is 404 g/mol. The van der Waals surface area contributed by atoms with E-state index in [1.807, 2.05) is 0 Å². The Labute approximate surface area is 155 Å².